The molecule has 0 spiro atoms. The van der Waals surface area contributed by atoms with E-state index in [-0.39, 0.29) is 6.61 Å². The predicted octanol–water partition coefficient (Wildman–Crippen LogP) is 3.16. The minimum atomic E-state index is -0.748. The number of halogens is 2. The van der Waals surface area contributed by atoms with E-state index >= 15 is 0 Å². The van der Waals surface area contributed by atoms with Gasteiger partial charge in [-0.3, -0.25) is 0 Å². The summed E-state index contributed by atoms with van der Waals surface area (Å²) in [5.74, 6) is 0.678. The van der Waals surface area contributed by atoms with Gasteiger partial charge in [0.25, 0.3) is 5.03 Å². The van der Waals surface area contributed by atoms with Crippen LogP contribution in [0.2, 0.25) is 10.0 Å². The Bertz CT molecular complexity index is 592. The number of benzene rings is 1. The molecular formula is C14H13Cl2NO3S. The van der Waals surface area contributed by atoms with Crippen molar-refractivity contribution in [1.82, 2.24) is 0 Å². The highest BCUT2D eigenvalue weighted by Crippen LogP contribution is 2.32. The second-order valence-corrected chi connectivity index (χ2v) is 6.05. The molecule has 2 rings (SSSR count). The fraction of sp³-hybridized carbons (Fsp3) is 0.214. The molecule has 1 unspecified atom stereocenters. The number of hydrogen-bond donors (Lipinski definition) is 1. The van der Waals surface area contributed by atoms with Gasteiger partial charge in [-0.2, -0.15) is 4.73 Å². The Kier molecular flexibility index (Phi) is 5.99. The van der Waals surface area contributed by atoms with E-state index in [0.29, 0.717) is 26.6 Å². The van der Waals surface area contributed by atoms with Gasteiger partial charge in [-0.15, -0.1) is 0 Å². The Morgan fingerprint density at radius 2 is 1.90 bits per heavy atom. The summed E-state index contributed by atoms with van der Waals surface area (Å²) in [6, 6.07) is 10.1. The van der Waals surface area contributed by atoms with E-state index in [1.54, 1.807) is 36.4 Å². The van der Waals surface area contributed by atoms with E-state index < -0.39 is 6.10 Å². The van der Waals surface area contributed by atoms with Gasteiger partial charge in [-0.05, 0) is 18.2 Å². The third-order valence-corrected chi connectivity index (χ3v) is 4.31. The Hall–Kier alpha value is -1.14. The molecule has 0 aliphatic heterocycles. The molecule has 0 saturated carbocycles. The van der Waals surface area contributed by atoms with Gasteiger partial charge in [-0.25, -0.2) is 0 Å². The number of aliphatic hydroxyl groups excluding tert-OH is 1. The number of nitrogens with zero attached hydrogens (tertiary/aromatic N) is 1. The molecule has 0 bridgehead atoms. The largest absolute Gasteiger partial charge is 0.618 e. The Balaban J connectivity index is 1.85. The number of aliphatic hydroxyl groups is 1. The van der Waals surface area contributed by atoms with Crippen LogP contribution in [-0.4, -0.2) is 23.6 Å². The van der Waals surface area contributed by atoms with Crippen molar-refractivity contribution < 1.29 is 14.6 Å². The second kappa shape index (κ2) is 7.75. The van der Waals surface area contributed by atoms with Crippen LogP contribution in [-0.2, 0) is 0 Å². The van der Waals surface area contributed by atoms with Crippen LogP contribution in [0.15, 0.2) is 47.6 Å². The van der Waals surface area contributed by atoms with Gasteiger partial charge in [0, 0.05) is 17.9 Å². The number of para-hydroxylation sites is 1. The average molecular weight is 346 g/mol. The Labute approximate surface area is 136 Å². The summed E-state index contributed by atoms with van der Waals surface area (Å²) in [5.41, 5.74) is 0. The van der Waals surface area contributed by atoms with Crippen LogP contribution in [0.5, 0.6) is 5.75 Å². The van der Waals surface area contributed by atoms with Gasteiger partial charge in [0.05, 0.1) is 16.1 Å². The lowest BCUT2D eigenvalue weighted by atomic mass is 10.3. The molecule has 1 atom stereocenters. The molecule has 0 amide bonds. The SMILES string of the molecule is [O-][n+]1ccccc1SCC(O)COc1c(Cl)cccc1Cl. The molecule has 1 aromatic heterocycles. The normalized spacial score (nSPS) is 12.1. The molecule has 0 radical (unpaired) electrons. The zero-order valence-electron chi connectivity index (χ0n) is 10.9. The summed E-state index contributed by atoms with van der Waals surface area (Å²) in [4.78, 5) is 0. The van der Waals surface area contributed by atoms with Gasteiger partial charge >= 0.3 is 0 Å². The molecule has 0 fully saturated rings. The third-order valence-electron chi connectivity index (χ3n) is 2.55. The second-order valence-electron chi connectivity index (χ2n) is 4.19. The van der Waals surface area contributed by atoms with Crippen LogP contribution in [0.25, 0.3) is 0 Å². The van der Waals surface area contributed by atoms with Gasteiger partial charge < -0.3 is 15.1 Å². The van der Waals surface area contributed by atoms with Crippen molar-refractivity contribution in [2.75, 3.05) is 12.4 Å². The summed E-state index contributed by atoms with van der Waals surface area (Å²) in [6.07, 6.45) is 0.664. The number of hydrogen-bond acceptors (Lipinski definition) is 4. The minimum absolute atomic E-state index is 0.0438. The van der Waals surface area contributed by atoms with Crippen molar-refractivity contribution >= 4 is 35.0 Å². The average Bonchev–Trinajstić information content (AvgIpc) is 2.46. The number of rotatable bonds is 6. The Morgan fingerprint density at radius 1 is 1.19 bits per heavy atom. The summed E-state index contributed by atoms with van der Waals surface area (Å²) in [6.45, 7) is 0.0438. The monoisotopic (exact) mass is 345 g/mol. The van der Waals surface area contributed by atoms with Crippen molar-refractivity contribution in [1.29, 1.82) is 0 Å². The van der Waals surface area contributed by atoms with Crippen molar-refractivity contribution in [2.45, 2.75) is 11.1 Å². The summed E-state index contributed by atoms with van der Waals surface area (Å²) < 4.78 is 6.19. The van der Waals surface area contributed by atoms with Gasteiger partial charge in [0.1, 0.15) is 6.61 Å². The predicted molar refractivity (Wildman–Crippen MR) is 84.1 cm³/mol. The summed E-state index contributed by atoms with van der Waals surface area (Å²) >= 11 is 13.2. The number of aromatic nitrogens is 1. The zero-order chi connectivity index (χ0) is 15.2. The van der Waals surface area contributed by atoms with Gasteiger partial charge in [0.2, 0.25) is 0 Å². The fourth-order valence-electron chi connectivity index (χ4n) is 1.55. The Morgan fingerprint density at radius 3 is 2.57 bits per heavy atom. The first kappa shape index (κ1) is 16.2. The number of pyridine rings is 1. The van der Waals surface area contributed by atoms with Gasteiger partial charge in [0.15, 0.2) is 11.9 Å². The number of thioether (sulfide) groups is 1. The van der Waals surface area contributed by atoms with Crippen molar-refractivity contribution in [3.8, 4) is 5.75 Å². The van der Waals surface area contributed by atoms with E-state index in [2.05, 4.69) is 0 Å². The standard InChI is InChI=1S/C14H13Cl2NO3S/c15-11-4-3-5-12(16)14(11)20-8-10(18)9-21-13-6-1-2-7-17(13)19/h1-7,10,18H,8-9H2. The molecule has 7 heteroatoms. The molecule has 0 aliphatic carbocycles. The maximum atomic E-state index is 11.4. The fourth-order valence-corrected chi connectivity index (χ4v) is 2.88. The van der Waals surface area contributed by atoms with Crippen molar-refractivity contribution in [2.24, 2.45) is 0 Å². The highest BCUT2D eigenvalue weighted by molar-refractivity contribution is 7.99. The summed E-state index contributed by atoms with van der Waals surface area (Å²) in [7, 11) is 0. The number of ether oxygens (including phenoxy) is 1. The van der Waals surface area contributed by atoms with Crippen molar-refractivity contribution in [3.05, 3.63) is 57.8 Å². The highest BCUT2D eigenvalue weighted by Gasteiger charge is 2.13. The lowest BCUT2D eigenvalue weighted by molar-refractivity contribution is -0.645. The van der Waals surface area contributed by atoms with Crippen molar-refractivity contribution in [3.63, 3.8) is 0 Å². The quantitative estimate of drug-likeness (QED) is 0.496. The zero-order valence-corrected chi connectivity index (χ0v) is 13.2. The van der Waals surface area contributed by atoms with Crippen LogP contribution >= 0.6 is 35.0 Å². The molecule has 2 aromatic rings. The maximum absolute atomic E-state index is 11.4. The highest BCUT2D eigenvalue weighted by atomic mass is 35.5. The van der Waals surface area contributed by atoms with Crippen LogP contribution in [0.4, 0.5) is 0 Å². The smallest absolute Gasteiger partial charge is 0.251 e. The van der Waals surface area contributed by atoms with Crippen LogP contribution in [0.3, 0.4) is 0 Å². The molecular weight excluding hydrogens is 333 g/mol. The minimum Gasteiger partial charge on any atom is -0.618 e. The molecule has 112 valence electrons. The molecule has 4 nitrogen and oxygen atoms in total. The van der Waals surface area contributed by atoms with E-state index in [1.165, 1.54) is 18.0 Å². The van der Waals surface area contributed by atoms with Crippen LogP contribution in [0, 0.1) is 5.21 Å². The van der Waals surface area contributed by atoms with E-state index in [0.717, 1.165) is 4.73 Å². The molecule has 1 aromatic carbocycles. The first-order chi connectivity index (χ1) is 10.1. The molecule has 1 N–H and O–H groups in total. The van der Waals surface area contributed by atoms with Gasteiger partial charge in [-0.1, -0.05) is 41.0 Å². The lowest BCUT2D eigenvalue weighted by Gasteiger charge is -2.13. The first-order valence-corrected chi connectivity index (χ1v) is 7.88. The molecule has 1 heterocycles. The molecule has 21 heavy (non-hydrogen) atoms. The third kappa shape index (κ3) is 4.68. The van der Waals surface area contributed by atoms with E-state index in [9.17, 15) is 10.3 Å². The molecule has 0 saturated heterocycles. The van der Waals surface area contributed by atoms with E-state index in [1.807, 2.05) is 0 Å². The van der Waals surface area contributed by atoms with E-state index in [4.69, 9.17) is 27.9 Å². The topological polar surface area (TPSA) is 56.4 Å². The lowest BCUT2D eigenvalue weighted by Crippen LogP contribution is -2.29. The summed E-state index contributed by atoms with van der Waals surface area (Å²) in [5, 5.41) is 22.7. The molecule has 0 aliphatic rings. The maximum Gasteiger partial charge on any atom is 0.251 e. The van der Waals surface area contributed by atoms with Crippen LogP contribution in [0.1, 0.15) is 0 Å². The van der Waals surface area contributed by atoms with Crippen LogP contribution < -0.4 is 9.47 Å². The first-order valence-electron chi connectivity index (χ1n) is 6.14.